The number of nitrogens with one attached hydrogen (secondary N) is 2. The van der Waals surface area contributed by atoms with Gasteiger partial charge < -0.3 is 15.4 Å². The first-order valence-corrected chi connectivity index (χ1v) is 7.77. The van der Waals surface area contributed by atoms with Crippen LogP contribution in [-0.2, 0) is 10.2 Å². The summed E-state index contributed by atoms with van der Waals surface area (Å²) in [5.74, 6) is 0.797. The molecule has 0 saturated heterocycles. The molecule has 4 heteroatoms. The molecule has 124 valence electrons. The Morgan fingerprint density at radius 3 is 2.32 bits per heavy atom. The molecule has 22 heavy (non-hydrogen) atoms. The highest BCUT2D eigenvalue weighted by molar-refractivity contribution is 5.79. The molecule has 1 rings (SSSR count). The number of methoxy groups -OCH3 is 1. The van der Waals surface area contributed by atoms with Crippen molar-refractivity contribution in [2.75, 3.05) is 27.2 Å². The Balaban J connectivity index is 2.62. The van der Waals surface area contributed by atoms with Crippen LogP contribution in [0.15, 0.2) is 29.3 Å². The lowest BCUT2D eigenvalue weighted by Crippen LogP contribution is -2.48. The van der Waals surface area contributed by atoms with E-state index in [0.29, 0.717) is 6.54 Å². The van der Waals surface area contributed by atoms with Crippen molar-refractivity contribution in [3.05, 3.63) is 35.4 Å². The molecule has 0 aromatic heterocycles. The smallest absolute Gasteiger partial charge is 0.191 e. The summed E-state index contributed by atoms with van der Waals surface area (Å²) >= 11 is 0. The molecule has 4 nitrogen and oxygen atoms in total. The molecule has 0 fully saturated rings. The summed E-state index contributed by atoms with van der Waals surface area (Å²) < 4.78 is 5.42. The number of aliphatic imine (C=N–C) groups is 1. The van der Waals surface area contributed by atoms with E-state index in [-0.39, 0.29) is 11.0 Å². The second kappa shape index (κ2) is 7.63. The third-order valence-corrected chi connectivity index (χ3v) is 3.96. The Bertz CT molecular complexity index is 507. The summed E-state index contributed by atoms with van der Waals surface area (Å²) in [7, 11) is 3.51. The molecule has 0 aliphatic rings. The molecule has 1 aromatic carbocycles. The Labute approximate surface area is 135 Å². The van der Waals surface area contributed by atoms with Crippen molar-refractivity contribution in [1.82, 2.24) is 10.6 Å². The van der Waals surface area contributed by atoms with E-state index in [0.717, 1.165) is 12.5 Å². The number of ether oxygens (including phenoxy) is 1. The lowest BCUT2D eigenvalue weighted by molar-refractivity contribution is 0.0268. The zero-order chi connectivity index (χ0) is 16.8. The quantitative estimate of drug-likeness (QED) is 0.627. The van der Waals surface area contributed by atoms with E-state index >= 15 is 0 Å². The minimum Gasteiger partial charge on any atom is -0.377 e. The van der Waals surface area contributed by atoms with Crippen LogP contribution in [0.5, 0.6) is 0 Å². The Hall–Kier alpha value is -1.55. The summed E-state index contributed by atoms with van der Waals surface area (Å²) in [6.45, 7) is 12.2. The maximum Gasteiger partial charge on any atom is 0.191 e. The summed E-state index contributed by atoms with van der Waals surface area (Å²) in [6, 6.07) is 8.66. The van der Waals surface area contributed by atoms with Gasteiger partial charge in [0.05, 0.1) is 5.60 Å². The van der Waals surface area contributed by atoms with Gasteiger partial charge in [0, 0.05) is 32.7 Å². The van der Waals surface area contributed by atoms with Crippen LogP contribution in [0, 0.1) is 6.92 Å². The van der Waals surface area contributed by atoms with Crippen molar-refractivity contribution in [3.8, 4) is 0 Å². The number of guanidine groups is 1. The number of hydrogen-bond acceptors (Lipinski definition) is 2. The number of nitrogens with zero attached hydrogens (tertiary/aromatic N) is 1. The van der Waals surface area contributed by atoms with Crippen molar-refractivity contribution in [3.63, 3.8) is 0 Å². The minimum atomic E-state index is -0.219. The van der Waals surface area contributed by atoms with Crippen LogP contribution in [0.4, 0.5) is 0 Å². The predicted octanol–water partition coefficient (Wildman–Crippen LogP) is 2.86. The summed E-state index contributed by atoms with van der Waals surface area (Å²) in [5, 5.41) is 6.72. The van der Waals surface area contributed by atoms with Gasteiger partial charge in [-0.1, -0.05) is 43.7 Å². The third-order valence-electron chi connectivity index (χ3n) is 3.96. The van der Waals surface area contributed by atoms with Crippen LogP contribution in [0.3, 0.4) is 0 Å². The Kier molecular flexibility index (Phi) is 6.42. The maximum atomic E-state index is 5.42. The molecule has 2 N–H and O–H groups in total. The SMILES string of the molecule is CN=C(NCC(C)(C)OC)NCC(C)(C)c1cccc(C)c1. The third kappa shape index (κ3) is 5.68. The number of hydrogen-bond donors (Lipinski definition) is 2. The molecule has 0 saturated carbocycles. The van der Waals surface area contributed by atoms with E-state index in [1.54, 1.807) is 14.2 Å². The van der Waals surface area contributed by atoms with Gasteiger partial charge >= 0.3 is 0 Å². The van der Waals surface area contributed by atoms with E-state index in [2.05, 4.69) is 60.7 Å². The molecular formula is C18H31N3O. The molecule has 0 aliphatic heterocycles. The first-order valence-electron chi connectivity index (χ1n) is 7.77. The highest BCUT2D eigenvalue weighted by Gasteiger charge is 2.22. The summed E-state index contributed by atoms with van der Waals surface area (Å²) in [4.78, 5) is 4.28. The highest BCUT2D eigenvalue weighted by Crippen LogP contribution is 2.22. The van der Waals surface area contributed by atoms with Crippen LogP contribution in [0.1, 0.15) is 38.8 Å². The molecular weight excluding hydrogens is 274 g/mol. The average Bonchev–Trinajstić information content (AvgIpc) is 2.47. The van der Waals surface area contributed by atoms with Gasteiger partial charge in [-0.2, -0.15) is 0 Å². The maximum absolute atomic E-state index is 5.42. The van der Waals surface area contributed by atoms with Gasteiger partial charge in [0.2, 0.25) is 0 Å². The minimum absolute atomic E-state index is 0.0282. The monoisotopic (exact) mass is 305 g/mol. The van der Waals surface area contributed by atoms with Crippen LogP contribution in [0.25, 0.3) is 0 Å². The van der Waals surface area contributed by atoms with E-state index < -0.39 is 0 Å². The second-order valence-electron chi connectivity index (χ2n) is 7.00. The van der Waals surface area contributed by atoms with Crippen LogP contribution in [0.2, 0.25) is 0 Å². The number of rotatable bonds is 6. The van der Waals surface area contributed by atoms with Crippen LogP contribution in [-0.4, -0.2) is 38.8 Å². The van der Waals surface area contributed by atoms with Crippen molar-refractivity contribution in [2.45, 2.75) is 45.6 Å². The second-order valence-corrected chi connectivity index (χ2v) is 7.00. The van der Waals surface area contributed by atoms with Gasteiger partial charge in [0.15, 0.2) is 5.96 Å². The van der Waals surface area contributed by atoms with Crippen molar-refractivity contribution >= 4 is 5.96 Å². The van der Waals surface area contributed by atoms with Gasteiger partial charge in [-0.25, -0.2) is 0 Å². The predicted molar refractivity (Wildman–Crippen MR) is 94.7 cm³/mol. The topological polar surface area (TPSA) is 45.7 Å². The highest BCUT2D eigenvalue weighted by atomic mass is 16.5. The molecule has 0 heterocycles. The first kappa shape index (κ1) is 18.5. The number of aryl methyl sites for hydroxylation is 1. The molecule has 0 unspecified atom stereocenters. The zero-order valence-corrected chi connectivity index (χ0v) is 15.1. The Morgan fingerprint density at radius 2 is 1.77 bits per heavy atom. The van der Waals surface area contributed by atoms with Gasteiger partial charge in [-0.05, 0) is 26.3 Å². The van der Waals surface area contributed by atoms with Crippen LogP contribution >= 0.6 is 0 Å². The van der Waals surface area contributed by atoms with E-state index in [1.165, 1.54) is 11.1 Å². The van der Waals surface area contributed by atoms with Gasteiger partial charge in [0.25, 0.3) is 0 Å². The molecule has 0 atom stereocenters. The average molecular weight is 305 g/mol. The lowest BCUT2D eigenvalue weighted by Gasteiger charge is -2.28. The molecule has 0 amide bonds. The molecule has 1 aromatic rings. The van der Waals surface area contributed by atoms with Crippen LogP contribution < -0.4 is 10.6 Å². The van der Waals surface area contributed by atoms with E-state index in [1.807, 2.05) is 13.8 Å². The normalized spacial score (nSPS) is 13.1. The fraction of sp³-hybridized carbons (Fsp3) is 0.611. The fourth-order valence-electron chi connectivity index (χ4n) is 2.06. The standard InChI is InChI=1S/C18H31N3O/c1-14-9-8-10-15(11-14)17(2,3)12-20-16(19-6)21-13-18(4,5)22-7/h8-11H,12-13H2,1-7H3,(H2,19,20,21). The molecule has 0 spiro atoms. The zero-order valence-electron chi connectivity index (χ0n) is 15.1. The van der Waals surface area contributed by atoms with E-state index in [9.17, 15) is 0 Å². The summed E-state index contributed by atoms with van der Waals surface area (Å²) in [5.41, 5.74) is 2.42. The largest absolute Gasteiger partial charge is 0.377 e. The van der Waals surface area contributed by atoms with E-state index in [4.69, 9.17) is 4.74 Å². The molecule has 0 radical (unpaired) electrons. The molecule has 0 aliphatic carbocycles. The van der Waals surface area contributed by atoms with Gasteiger partial charge in [-0.3, -0.25) is 4.99 Å². The van der Waals surface area contributed by atoms with Gasteiger partial charge in [-0.15, -0.1) is 0 Å². The lowest BCUT2D eigenvalue weighted by atomic mass is 9.84. The van der Waals surface area contributed by atoms with Crippen molar-refractivity contribution in [1.29, 1.82) is 0 Å². The summed E-state index contributed by atoms with van der Waals surface area (Å²) in [6.07, 6.45) is 0. The molecule has 0 bridgehead atoms. The first-order chi connectivity index (χ1) is 10.2. The fourth-order valence-corrected chi connectivity index (χ4v) is 2.06. The number of benzene rings is 1. The van der Waals surface area contributed by atoms with Crippen molar-refractivity contribution < 1.29 is 4.74 Å². The Morgan fingerprint density at radius 1 is 1.14 bits per heavy atom. The van der Waals surface area contributed by atoms with Crippen molar-refractivity contribution in [2.24, 2.45) is 4.99 Å². The van der Waals surface area contributed by atoms with Gasteiger partial charge in [0.1, 0.15) is 0 Å².